The summed E-state index contributed by atoms with van der Waals surface area (Å²) in [7, 11) is 7.08. The number of hydrogen-bond acceptors (Lipinski definition) is 2. The zero-order valence-corrected chi connectivity index (χ0v) is 11.3. The third-order valence-corrected chi connectivity index (χ3v) is 2.45. The van der Waals surface area contributed by atoms with Gasteiger partial charge in [0.05, 0.1) is 0 Å². The van der Waals surface area contributed by atoms with Gasteiger partial charge in [0.1, 0.15) is 0 Å². The maximum absolute atomic E-state index is 12.0. The minimum Gasteiger partial charge on any atom is -0.349 e. The first-order valence-electron chi connectivity index (χ1n) is 5.71. The molecule has 0 radical (unpaired) electrons. The van der Waals surface area contributed by atoms with Crippen LogP contribution in [0.4, 0.5) is 0 Å². The van der Waals surface area contributed by atoms with Crippen molar-refractivity contribution in [3.8, 4) is 0 Å². The predicted molar refractivity (Wildman–Crippen MR) is 75.3 cm³/mol. The second-order valence-electron chi connectivity index (χ2n) is 4.06. The largest absolute Gasteiger partial charge is 0.349 e. The lowest BCUT2D eigenvalue weighted by Gasteiger charge is -2.23. The SMILES string of the molecule is CN=C(N(C)C)N(C)C(=O)/C=C/c1ccccc1. The van der Waals surface area contributed by atoms with E-state index in [2.05, 4.69) is 4.99 Å². The molecular weight excluding hydrogens is 226 g/mol. The van der Waals surface area contributed by atoms with Crippen molar-refractivity contribution in [2.24, 2.45) is 4.99 Å². The second kappa shape index (κ2) is 6.59. The van der Waals surface area contributed by atoms with E-state index in [0.717, 1.165) is 5.56 Å². The molecule has 18 heavy (non-hydrogen) atoms. The van der Waals surface area contributed by atoms with Crippen molar-refractivity contribution in [2.45, 2.75) is 0 Å². The Bertz CT molecular complexity index is 449. The van der Waals surface area contributed by atoms with Gasteiger partial charge in [0.2, 0.25) is 5.96 Å². The van der Waals surface area contributed by atoms with Crippen LogP contribution in [0.3, 0.4) is 0 Å². The third-order valence-electron chi connectivity index (χ3n) is 2.45. The first-order valence-corrected chi connectivity index (χ1v) is 5.71. The number of likely N-dealkylation sites (N-methyl/N-ethyl adjacent to an activating group) is 1. The summed E-state index contributed by atoms with van der Waals surface area (Å²) in [6.45, 7) is 0. The number of nitrogens with zero attached hydrogens (tertiary/aromatic N) is 3. The van der Waals surface area contributed by atoms with Crippen LogP contribution in [-0.2, 0) is 4.79 Å². The van der Waals surface area contributed by atoms with Crippen molar-refractivity contribution >= 4 is 17.9 Å². The van der Waals surface area contributed by atoms with Gasteiger partial charge >= 0.3 is 0 Å². The molecule has 0 saturated carbocycles. The van der Waals surface area contributed by atoms with Gasteiger partial charge < -0.3 is 4.90 Å². The minimum absolute atomic E-state index is 0.104. The topological polar surface area (TPSA) is 35.9 Å². The van der Waals surface area contributed by atoms with Crippen LogP contribution in [0, 0.1) is 0 Å². The van der Waals surface area contributed by atoms with Crippen LogP contribution in [0.2, 0.25) is 0 Å². The number of benzene rings is 1. The highest BCUT2D eigenvalue weighted by Crippen LogP contribution is 2.02. The molecule has 0 atom stereocenters. The lowest BCUT2D eigenvalue weighted by Crippen LogP contribution is -2.40. The van der Waals surface area contributed by atoms with E-state index < -0.39 is 0 Å². The molecular formula is C14H19N3O. The van der Waals surface area contributed by atoms with Gasteiger partial charge in [-0.3, -0.25) is 14.7 Å². The molecule has 0 spiro atoms. The molecule has 0 unspecified atom stereocenters. The number of aliphatic imine (C=N–C) groups is 1. The summed E-state index contributed by atoms with van der Waals surface area (Å²) < 4.78 is 0. The van der Waals surface area contributed by atoms with Crippen LogP contribution in [0.25, 0.3) is 6.08 Å². The van der Waals surface area contributed by atoms with Gasteiger partial charge in [-0.15, -0.1) is 0 Å². The fraction of sp³-hybridized carbons (Fsp3) is 0.286. The second-order valence-corrected chi connectivity index (χ2v) is 4.06. The zero-order valence-electron chi connectivity index (χ0n) is 11.3. The Kier molecular flexibility index (Phi) is 5.11. The summed E-state index contributed by atoms with van der Waals surface area (Å²) in [5.41, 5.74) is 0.999. The van der Waals surface area contributed by atoms with Crippen molar-refractivity contribution in [1.82, 2.24) is 9.80 Å². The Morgan fingerprint density at radius 3 is 2.28 bits per heavy atom. The molecule has 0 N–H and O–H groups in total. The maximum Gasteiger partial charge on any atom is 0.253 e. The van der Waals surface area contributed by atoms with E-state index >= 15 is 0 Å². The van der Waals surface area contributed by atoms with E-state index in [4.69, 9.17) is 0 Å². The number of carbonyl (C=O) groups is 1. The molecule has 96 valence electrons. The summed E-state index contributed by atoms with van der Waals surface area (Å²) in [5.74, 6) is 0.519. The normalized spacial score (nSPS) is 11.7. The lowest BCUT2D eigenvalue weighted by atomic mass is 10.2. The fourth-order valence-corrected chi connectivity index (χ4v) is 1.59. The van der Waals surface area contributed by atoms with Gasteiger partial charge in [-0.05, 0) is 11.6 Å². The molecule has 0 aliphatic rings. The highest BCUT2D eigenvalue weighted by atomic mass is 16.2. The molecule has 1 aromatic carbocycles. The van der Waals surface area contributed by atoms with Crippen LogP contribution >= 0.6 is 0 Å². The van der Waals surface area contributed by atoms with Crippen molar-refractivity contribution in [2.75, 3.05) is 28.2 Å². The van der Waals surface area contributed by atoms with Gasteiger partial charge in [-0.2, -0.15) is 0 Å². The zero-order chi connectivity index (χ0) is 13.5. The fourth-order valence-electron chi connectivity index (χ4n) is 1.59. The van der Waals surface area contributed by atoms with Gasteiger partial charge in [-0.25, -0.2) is 0 Å². The summed E-state index contributed by atoms with van der Waals surface area (Å²) in [4.78, 5) is 19.3. The Morgan fingerprint density at radius 2 is 1.78 bits per heavy atom. The van der Waals surface area contributed by atoms with Gasteiger partial charge in [0, 0.05) is 34.3 Å². The number of amides is 1. The average molecular weight is 245 g/mol. The number of guanidine groups is 1. The quantitative estimate of drug-likeness (QED) is 0.452. The summed E-state index contributed by atoms with van der Waals surface area (Å²) in [5, 5.41) is 0. The Hall–Kier alpha value is -2.10. The molecule has 0 aliphatic heterocycles. The van der Waals surface area contributed by atoms with Crippen molar-refractivity contribution < 1.29 is 4.79 Å². The molecule has 0 aliphatic carbocycles. The van der Waals surface area contributed by atoms with E-state index in [0.29, 0.717) is 5.96 Å². The van der Waals surface area contributed by atoms with Crippen LogP contribution in [-0.4, -0.2) is 49.9 Å². The molecule has 0 saturated heterocycles. The van der Waals surface area contributed by atoms with E-state index in [1.54, 1.807) is 31.1 Å². The number of rotatable bonds is 2. The van der Waals surface area contributed by atoms with E-state index in [1.165, 1.54) is 4.90 Å². The minimum atomic E-state index is -0.104. The monoisotopic (exact) mass is 245 g/mol. The van der Waals surface area contributed by atoms with Crippen LogP contribution in [0.5, 0.6) is 0 Å². The van der Waals surface area contributed by atoms with Gasteiger partial charge in [0.15, 0.2) is 0 Å². The van der Waals surface area contributed by atoms with E-state index in [9.17, 15) is 4.79 Å². The molecule has 4 heteroatoms. The summed E-state index contributed by atoms with van der Waals surface area (Å²) >= 11 is 0. The molecule has 1 aromatic rings. The smallest absolute Gasteiger partial charge is 0.253 e. The van der Waals surface area contributed by atoms with Crippen LogP contribution < -0.4 is 0 Å². The molecule has 0 fully saturated rings. The van der Waals surface area contributed by atoms with Gasteiger partial charge in [-0.1, -0.05) is 30.3 Å². The molecule has 0 heterocycles. The summed E-state index contributed by atoms with van der Waals surface area (Å²) in [6.07, 6.45) is 3.34. The highest BCUT2D eigenvalue weighted by Gasteiger charge is 2.13. The maximum atomic E-state index is 12.0. The Balaban J connectivity index is 2.74. The summed E-state index contributed by atoms with van der Waals surface area (Å²) in [6, 6.07) is 9.72. The first-order chi connectivity index (χ1) is 8.56. The number of carbonyl (C=O) groups excluding carboxylic acids is 1. The van der Waals surface area contributed by atoms with Crippen molar-refractivity contribution in [3.05, 3.63) is 42.0 Å². The average Bonchev–Trinajstić information content (AvgIpc) is 2.37. The first kappa shape index (κ1) is 14.0. The standard InChI is InChI=1S/C14H19N3O/c1-15-14(16(2)3)17(4)13(18)11-10-12-8-6-5-7-9-12/h5-11H,1-4H3/b11-10+,15-14?. The molecule has 1 rings (SSSR count). The molecule has 0 aromatic heterocycles. The Labute approximate surface area is 108 Å². The number of hydrogen-bond donors (Lipinski definition) is 0. The molecule has 0 bridgehead atoms. The third kappa shape index (κ3) is 3.73. The van der Waals surface area contributed by atoms with Crippen LogP contribution in [0.15, 0.2) is 41.4 Å². The van der Waals surface area contributed by atoms with Crippen LogP contribution in [0.1, 0.15) is 5.56 Å². The highest BCUT2D eigenvalue weighted by molar-refractivity contribution is 6.03. The van der Waals surface area contributed by atoms with E-state index in [1.807, 2.05) is 44.4 Å². The van der Waals surface area contributed by atoms with E-state index in [-0.39, 0.29) is 5.91 Å². The van der Waals surface area contributed by atoms with Crippen molar-refractivity contribution in [3.63, 3.8) is 0 Å². The lowest BCUT2D eigenvalue weighted by molar-refractivity contribution is -0.121. The molecule has 1 amide bonds. The molecule has 4 nitrogen and oxygen atoms in total. The predicted octanol–water partition coefficient (Wildman–Crippen LogP) is 1.71. The Morgan fingerprint density at radius 1 is 1.17 bits per heavy atom. The van der Waals surface area contributed by atoms with Gasteiger partial charge in [0.25, 0.3) is 5.91 Å². The van der Waals surface area contributed by atoms with Crippen molar-refractivity contribution in [1.29, 1.82) is 0 Å².